The molecule has 0 aliphatic carbocycles. The third-order valence-corrected chi connectivity index (χ3v) is 1.67. The van der Waals surface area contributed by atoms with Crippen LogP contribution < -0.4 is 0 Å². The quantitative estimate of drug-likeness (QED) is 0.682. The predicted molar refractivity (Wildman–Crippen MR) is 43.9 cm³/mol. The second kappa shape index (κ2) is 3.54. The van der Waals surface area contributed by atoms with Gasteiger partial charge in [0.1, 0.15) is 10.8 Å². The van der Waals surface area contributed by atoms with Gasteiger partial charge in [-0.05, 0) is 24.6 Å². The first-order valence-electron chi connectivity index (χ1n) is 3.54. The van der Waals surface area contributed by atoms with Crippen molar-refractivity contribution in [3.63, 3.8) is 0 Å². The molecule has 0 aromatic carbocycles. The van der Waals surface area contributed by atoms with Crippen LogP contribution in [0.3, 0.4) is 0 Å². The van der Waals surface area contributed by atoms with E-state index in [0.29, 0.717) is 5.56 Å². The Kier molecular flexibility index (Phi) is 2.81. The minimum Gasteiger partial charge on any atom is -0.244 e. The highest BCUT2D eigenvalue weighted by Crippen LogP contribution is 2.28. The van der Waals surface area contributed by atoms with Crippen LogP contribution in [0, 0.1) is 6.92 Å². The zero-order valence-corrected chi connectivity index (χ0v) is 7.58. The van der Waals surface area contributed by atoms with Crippen LogP contribution in [0.15, 0.2) is 12.1 Å². The van der Waals surface area contributed by atoms with E-state index < -0.39 is 18.3 Å². The van der Waals surface area contributed by atoms with Crippen molar-refractivity contribution in [1.29, 1.82) is 0 Å². The van der Waals surface area contributed by atoms with Crippen LogP contribution in [-0.4, -0.2) is 11.7 Å². The minimum atomic E-state index is -3.55. The van der Waals surface area contributed by atoms with Crippen molar-refractivity contribution in [1.82, 2.24) is 4.98 Å². The number of halogens is 4. The highest BCUT2D eigenvalue weighted by atomic mass is 35.5. The molecule has 13 heavy (non-hydrogen) atoms. The van der Waals surface area contributed by atoms with Crippen LogP contribution in [0.5, 0.6) is 0 Å². The standard InChI is InChI=1S/C8H7ClF3N/c1-5-2-6(8(11,12)4-10)13-7(9)3-5/h2-3H,4H2,1H3. The lowest BCUT2D eigenvalue weighted by molar-refractivity contribution is -0.0322. The molecule has 0 bridgehead atoms. The molecule has 0 atom stereocenters. The zero-order chi connectivity index (χ0) is 10.1. The molecular formula is C8H7ClF3N. The van der Waals surface area contributed by atoms with Crippen LogP contribution in [0.4, 0.5) is 13.2 Å². The molecule has 0 amide bonds. The van der Waals surface area contributed by atoms with E-state index in [9.17, 15) is 13.2 Å². The van der Waals surface area contributed by atoms with Gasteiger partial charge in [-0.3, -0.25) is 0 Å². The van der Waals surface area contributed by atoms with Crippen molar-refractivity contribution in [3.8, 4) is 0 Å². The Morgan fingerprint density at radius 2 is 2.08 bits per heavy atom. The maximum atomic E-state index is 12.7. The van der Waals surface area contributed by atoms with E-state index in [4.69, 9.17) is 11.6 Å². The molecular weight excluding hydrogens is 203 g/mol. The van der Waals surface area contributed by atoms with E-state index in [0.717, 1.165) is 6.07 Å². The summed E-state index contributed by atoms with van der Waals surface area (Å²) in [5, 5.41) is -0.0527. The van der Waals surface area contributed by atoms with Gasteiger partial charge < -0.3 is 0 Å². The highest BCUT2D eigenvalue weighted by molar-refractivity contribution is 6.29. The average molecular weight is 210 g/mol. The molecule has 0 saturated heterocycles. The third-order valence-electron chi connectivity index (χ3n) is 1.48. The van der Waals surface area contributed by atoms with Gasteiger partial charge >= 0.3 is 5.92 Å². The van der Waals surface area contributed by atoms with Gasteiger partial charge in [0.25, 0.3) is 0 Å². The van der Waals surface area contributed by atoms with Crippen molar-refractivity contribution in [3.05, 3.63) is 28.5 Å². The van der Waals surface area contributed by atoms with Crippen LogP contribution in [-0.2, 0) is 5.92 Å². The number of alkyl halides is 3. The van der Waals surface area contributed by atoms with Gasteiger partial charge in [0.2, 0.25) is 0 Å². The number of aromatic nitrogens is 1. The molecule has 1 rings (SSSR count). The van der Waals surface area contributed by atoms with Crippen LogP contribution in [0.25, 0.3) is 0 Å². The molecule has 0 saturated carbocycles. The molecule has 0 aliphatic heterocycles. The maximum absolute atomic E-state index is 12.7. The molecule has 1 aromatic heterocycles. The van der Waals surface area contributed by atoms with Crippen molar-refractivity contribution in [2.45, 2.75) is 12.8 Å². The van der Waals surface area contributed by atoms with Crippen molar-refractivity contribution in [2.24, 2.45) is 0 Å². The van der Waals surface area contributed by atoms with Crippen LogP contribution >= 0.6 is 11.6 Å². The molecule has 1 aromatic rings. The van der Waals surface area contributed by atoms with E-state index in [2.05, 4.69) is 4.98 Å². The zero-order valence-electron chi connectivity index (χ0n) is 6.82. The monoisotopic (exact) mass is 209 g/mol. The number of aryl methyl sites for hydroxylation is 1. The van der Waals surface area contributed by atoms with Gasteiger partial charge in [-0.1, -0.05) is 11.6 Å². The SMILES string of the molecule is Cc1cc(Cl)nc(C(F)(F)CF)c1. The van der Waals surface area contributed by atoms with Gasteiger partial charge in [-0.2, -0.15) is 8.78 Å². The van der Waals surface area contributed by atoms with Gasteiger partial charge in [0.15, 0.2) is 6.67 Å². The van der Waals surface area contributed by atoms with Crippen LogP contribution in [0.2, 0.25) is 5.15 Å². The first kappa shape index (κ1) is 10.3. The third kappa shape index (κ3) is 2.34. The Morgan fingerprint density at radius 3 is 2.54 bits per heavy atom. The Bertz CT molecular complexity index is 294. The number of nitrogens with zero attached hydrogens (tertiary/aromatic N) is 1. The number of pyridine rings is 1. The fraction of sp³-hybridized carbons (Fsp3) is 0.375. The van der Waals surface area contributed by atoms with Gasteiger partial charge in [0, 0.05) is 0 Å². The normalized spacial score (nSPS) is 11.8. The summed E-state index contributed by atoms with van der Waals surface area (Å²) in [7, 11) is 0. The smallest absolute Gasteiger partial charge is 0.244 e. The summed E-state index contributed by atoms with van der Waals surface area (Å²) >= 11 is 5.45. The fourth-order valence-electron chi connectivity index (χ4n) is 0.881. The van der Waals surface area contributed by atoms with Gasteiger partial charge in [0.05, 0.1) is 0 Å². The first-order chi connectivity index (χ1) is 5.95. The Morgan fingerprint density at radius 1 is 1.46 bits per heavy atom. The van der Waals surface area contributed by atoms with E-state index in [1.165, 1.54) is 6.07 Å². The van der Waals surface area contributed by atoms with E-state index in [1.54, 1.807) is 6.92 Å². The van der Waals surface area contributed by atoms with Crippen molar-refractivity contribution in [2.75, 3.05) is 6.67 Å². The Labute approximate surface area is 78.5 Å². The lowest BCUT2D eigenvalue weighted by atomic mass is 10.2. The summed E-state index contributed by atoms with van der Waals surface area (Å²) in [6, 6.07) is 2.55. The lowest BCUT2D eigenvalue weighted by Gasteiger charge is -2.11. The summed E-state index contributed by atoms with van der Waals surface area (Å²) in [6.07, 6.45) is 0. The largest absolute Gasteiger partial charge is 0.317 e. The summed E-state index contributed by atoms with van der Waals surface area (Å²) in [5.74, 6) is -3.55. The highest BCUT2D eigenvalue weighted by Gasteiger charge is 2.33. The second-order valence-corrected chi connectivity index (χ2v) is 3.08. The second-order valence-electron chi connectivity index (χ2n) is 2.69. The Hall–Kier alpha value is -0.770. The topological polar surface area (TPSA) is 12.9 Å². The predicted octanol–water partition coefficient (Wildman–Crippen LogP) is 3.10. The molecule has 5 heteroatoms. The molecule has 0 unspecified atom stereocenters. The molecule has 0 N–H and O–H groups in total. The molecule has 72 valence electrons. The van der Waals surface area contributed by atoms with E-state index in [1.807, 2.05) is 0 Å². The molecule has 0 fully saturated rings. The van der Waals surface area contributed by atoms with Crippen LogP contribution in [0.1, 0.15) is 11.3 Å². The molecule has 0 spiro atoms. The van der Waals surface area contributed by atoms with Gasteiger partial charge in [-0.15, -0.1) is 0 Å². The summed E-state index contributed by atoms with van der Waals surface area (Å²) in [4.78, 5) is 3.35. The summed E-state index contributed by atoms with van der Waals surface area (Å²) < 4.78 is 37.4. The van der Waals surface area contributed by atoms with E-state index in [-0.39, 0.29) is 5.15 Å². The molecule has 1 heterocycles. The van der Waals surface area contributed by atoms with Gasteiger partial charge in [-0.25, -0.2) is 9.37 Å². The summed E-state index contributed by atoms with van der Waals surface area (Å²) in [5.41, 5.74) is -0.0943. The number of hydrogen-bond acceptors (Lipinski definition) is 1. The lowest BCUT2D eigenvalue weighted by Crippen LogP contribution is -2.17. The molecule has 0 aliphatic rings. The van der Waals surface area contributed by atoms with Crippen molar-refractivity contribution < 1.29 is 13.2 Å². The maximum Gasteiger partial charge on any atom is 0.317 e. The fourth-order valence-corrected chi connectivity index (χ4v) is 1.14. The van der Waals surface area contributed by atoms with E-state index >= 15 is 0 Å². The average Bonchev–Trinajstić information content (AvgIpc) is 2.02. The first-order valence-corrected chi connectivity index (χ1v) is 3.92. The summed E-state index contributed by atoms with van der Waals surface area (Å²) in [6.45, 7) is -0.175. The Balaban J connectivity index is 3.15. The number of rotatable bonds is 2. The van der Waals surface area contributed by atoms with Crippen molar-refractivity contribution >= 4 is 11.6 Å². The number of hydrogen-bond donors (Lipinski definition) is 0. The molecule has 1 nitrogen and oxygen atoms in total. The minimum absolute atomic E-state index is 0.0527. The molecule has 0 radical (unpaired) electrons.